The second kappa shape index (κ2) is 9.54. The van der Waals surface area contributed by atoms with Gasteiger partial charge in [0.1, 0.15) is 5.82 Å². The molecular formula is C19H21FN2O3. The van der Waals surface area contributed by atoms with Crippen LogP contribution in [0.4, 0.5) is 10.1 Å². The summed E-state index contributed by atoms with van der Waals surface area (Å²) in [4.78, 5) is 24.3. The third-order valence-electron chi connectivity index (χ3n) is 3.62. The zero-order valence-electron chi connectivity index (χ0n) is 14.0. The lowest BCUT2D eigenvalue weighted by Gasteiger charge is -2.11. The first-order valence-electron chi connectivity index (χ1n) is 8.01. The Bertz CT molecular complexity index is 734. The number of methoxy groups -OCH3 is 1. The molecule has 0 fully saturated rings. The molecule has 2 aromatic carbocycles. The molecule has 0 radical (unpaired) electrons. The van der Waals surface area contributed by atoms with E-state index >= 15 is 0 Å². The number of carbonyl (C=O) groups is 2. The summed E-state index contributed by atoms with van der Waals surface area (Å²) in [6.45, 7) is 0.786. The molecule has 5 nitrogen and oxygen atoms in total. The SMILES string of the molecule is COCCNC(=O)c1ccccc1NC(=O)CCc1ccccc1F. The Morgan fingerprint density at radius 1 is 1.08 bits per heavy atom. The van der Waals surface area contributed by atoms with Crippen LogP contribution in [0.15, 0.2) is 48.5 Å². The van der Waals surface area contributed by atoms with Crippen LogP contribution in [0.1, 0.15) is 22.3 Å². The number of aryl methyl sites for hydroxylation is 1. The Labute approximate surface area is 146 Å². The topological polar surface area (TPSA) is 67.4 Å². The highest BCUT2D eigenvalue weighted by atomic mass is 19.1. The van der Waals surface area contributed by atoms with Crippen LogP contribution in [0.5, 0.6) is 0 Å². The van der Waals surface area contributed by atoms with E-state index in [0.717, 1.165) is 0 Å². The molecule has 25 heavy (non-hydrogen) atoms. The van der Waals surface area contributed by atoms with Crippen LogP contribution >= 0.6 is 0 Å². The van der Waals surface area contributed by atoms with E-state index in [4.69, 9.17) is 4.74 Å². The van der Waals surface area contributed by atoms with Crippen LogP contribution in [0.3, 0.4) is 0 Å². The maximum Gasteiger partial charge on any atom is 0.253 e. The van der Waals surface area contributed by atoms with E-state index in [1.54, 1.807) is 49.6 Å². The lowest BCUT2D eigenvalue weighted by Crippen LogP contribution is -2.28. The van der Waals surface area contributed by atoms with Crippen molar-refractivity contribution in [1.82, 2.24) is 5.32 Å². The number of anilines is 1. The summed E-state index contributed by atoms with van der Waals surface area (Å²) in [5.74, 6) is -0.893. The molecule has 0 atom stereocenters. The van der Waals surface area contributed by atoms with Gasteiger partial charge in [0.25, 0.3) is 5.91 Å². The standard InChI is InChI=1S/C19H21FN2O3/c1-25-13-12-21-19(24)15-7-3-5-9-17(15)22-18(23)11-10-14-6-2-4-8-16(14)20/h2-9H,10-13H2,1H3,(H,21,24)(H,22,23). The van der Waals surface area contributed by atoms with Crippen molar-refractivity contribution < 1.29 is 18.7 Å². The number of halogens is 1. The van der Waals surface area contributed by atoms with E-state index in [1.165, 1.54) is 6.07 Å². The lowest BCUT2D eigenvalue weighted by atomic mass is 10.1. The summed E-state index contributed by atoms with van der Waals surface area (Å²) in [5, 5.41) is 5.43. The van der Waals surface area contributed by atoms with Crippen molar-refractivity contribution in [1.29, 1.82) is 0 Å². The van der Waals surface area contributed by atoms with Gasteiger partial charge in [-0.2, -0.15) is 0 Å². The van der Waals surface area contributed by atoms with E-state index in [9.17, 15) is 14.0 Å². The van der Waals surface area contributed by atoms with E-state index in [0.29, 0.717) is 36.4 Å². The number of ether oxygens (including phenoxy) is 1. The zero-order valence-corrected chi connectivity index (χ0v) is 14.0. The predicted octanol–water partition coefficient (Wildman–Crippen LogP) is 2.77. The van der Waals surface area contributed by atoms with Gasteiger partial charge < -0.3 is 15.4 Å². The average Bonchev–Trinajstić information content (AvgIpc) is 2.61. The quantitative estimate of drug-likeness (QED) is 0.724. The third-order valence-corrected chi connectivity index (χ3v) is 3.62. The van der Waals surface area contributed by atoms with Gasteiger partial charge in [-0.05, 0) is 30.2 Å². The van der Waals surface area contributed by atoms with Crippen molar-refractivity contribution in [2.75, 3.05) is 25.6 Å². The Kier molecular flexibility index (Phi) is 7.10. The maximum atomic E-state index is 13.6. The van der Waals surface area contributed by atoms with Gasteiger partial charge >= 0.3 is 0 Å². The third kappa shape index (κ3) is 5.69. The Hall–Kier alpha value is -2.73. The van der Waals surface area contributed by atoms with Gasteiger partial charge in [-0.3, -0.25) is 9.59 Å². The first-order valence-corrected chi connectivity index (χ1v) is 8.01. The van der Waals surface area contributed by atoms with Gasteiger partial charge in [0.05, 0.1) is 17.9 Å². The molecule has 0 aliphatic carbocycles. The average molecular weight is 344 g/mol. The van der Waals surface area contributed by atoms with Crippen molar-refractivity contribution in [3.63, 3.8) is 0 Å². The molecular weight excluding hydrogens is 323 g/mol. The van der Waals surface area contributed by atoms with Crippen LogP contribution < -0.4 is 10.6 Å². The van der Waals surface area contributed by atoms with Crippen molar-refractivity contribution >= 4 is 17.5 Å². The highest BCUT2D eigenvalue weighted by molar-refractivity contribution is 6.03. The number of amides is 2. The summed E-state index contributed by atoms with van der Waals surface area (Å²) < 4.78 is 18.5. The molecule has 2 aromatic rings. The van der Waals surface area contributed by atoms with Crippen LogP contribution in [0, 0.1) is 5.82 Å². The van der Waals surface area contributed by atoms with Gasteiger partial charge in [-0.15, -0.1) is 0 Å². The fraction of sp³-hybridized carbons (Fsp3) is 0.263. The Morgan fingerprint density at radius 2 is 1.80 bits per heavy atom. The molecule has 0 heterocycles. The summed E-state index contributed by atoms with van der Waals surface area (Å²) >= 11 is 0. The number of nitrogens with one attached hydrogen (secondary N) is 2. The van der Waals surface area contributed by atoms with Gasteiger partial charge in [-0.25, -0.2) is 4.39 Å². The first kappa shape index (κ1) is 18.6. The molecule has 0 aliphatic rings. The van der Waals surface area contributed by atoms with Crippen molar-refractivity contribution in [3.8, 4) is 0 Å². The second-order valence-corrected chi connectivity index (χ2v) is 5.43. The largest absolute Gasteiger partial charge is 0.383 e. The highest BCUT2D eigenvalue weighted by Gasteiger charge is 2.13. The molecule has 132 valence electrons. The highest BCUT2D eigenvalue weighted by Crippen LogP contribution is 2.16. The number of rotatable bonds is 8. The van der Waals surface area contributed by atoms with E-state index in [-0.39, 0.29) is 24.1 Å². The minimum Gasteiger partial charge on any atom is -0.383 e. The normalized spacial score (nSPS) is 10.3. The van der Waals surface area contributed by atoms with Gasteiger partial charge in [0.2, 0.25) is 5.91 Å². The summed E-state index contributed by atoms with van der Waals surface area (Å²) in [6, 6.07) is 13.1. The van der Waals surface area contributed by atoms with Crippen molar-refractivity contribution in [2.45, 2.75) is 12.8 Å². The Morgan fingerprint density at radius 3 is 2.56 bits per heavy atom. The first-order chi connectivity index (χ1) is 12.1. The van der Waals surface area contributed by atoms with Gasteiger partial charge in [0.15, 0.2) is 0 Å². The number of benzene rings is 2. The maximum absolute atomic E-state index is 13.6. The van der Waals surface area contributed by atoms with Gasteiger partial charge in [-0.1, -0.05) is 30.3 Å². The minimum atomic E-state index is -0.326. The monoisotopic (exact) mass is 344 g/mol. The van der Waals surface area contributed by atoms with Crippen LogP contribution in [0.25, 0.3) is 0 Å². The number of hydrogen-bond acceptors (Lipinski definition) is 3. The smallest absolute Gasteiger partial charge is 0.253 e. The van der Waals surface area contributed by atoms with E-state index < -0.39 is 0 Å². The molecule has 0 aromatic heterocycles. The number of carbonyl (C=O) groups excluding carboxylic acids is 2. The predicted molar refractivity (Wildman–Crippen MR) is 94.0 cm³/mol. The van der Waals surface area contributed by atoms with Crippen molar-refractivity contribution in [3.05, 3.63) is 65.5 Å². The molecule has 2 amide bonds. The lowest BCUT2D eigenvalue weighted by molar-refractivity contribution is -0.116. The fourth-order valence-corrected chi connectivity index (χ4v) is 2.31. The number of para-hydroxylation sites is 1. The summed E-state index contributed by atoms with van der Waals surface area (Å²) in [7, 11) is 1.55. The van der Waals surface area contributed by atoms with Crippen molar-refractivity contribution in [2.24, 2.45) is 0 Å². The van der Waals surface area contributed by atoms with E-state index in [1.807, 2.05) is 0 Å². The fourth-order valence-electron chi connectivity index (χ4n) is 2.31. The van der Waals surface area contributed by atoms with Crippen LogP contribution in [0.2, 0.25) is 0 Å². The molecule has 2 N–H and O–H groups in total. The number of hydrogen-bond donors (Lipinski definition) is 2. The molecule has 0 saturated heterocycles. The molecule has 6 heteroatoms. The van der Waals surface area contributed by atoms with Gasteiger partial charge in [0, 0.05) is 20.1 Å². The molecule has 0 bridgehead atoms. The molecule has 0 unspecified atom stereocenters. The Balaban J connectivity index is 1.96. The zero-order chi connectivity index (χ0) is 18.1. The van der Waals surface area contributed by atoms with Crippen LogP contribution in [-0.2, 0) is 16.0 Å². The van der Waals surface area contributed by atoms with E-state index in [2.05, 4.69) is 10.6 Å². The molecule has 0 spiro atoms. The molecule has 2 rings (SSSR count). The van der Waals surface area contributed by atoms with Crippen LogP contribution in [-0.4, -0.2) is 32.1 Å². The summed E-state index contributed by atoms with van der Waals surface area (Å²) in [5.41, 5.74) is 1.29. The molecule has 0 saturated carbocycles. The molecule has 0 aliphatic heterocycles. The summed E-state index contributed by atoms with van der Waals surface area (Å²) in [6.07, 6.45) is 0.418. The minimum absolute atomic E-state index is 0.126. The second-order valence-electron chi connectivity index (χ2n) is 5.43.